The fraction of sp³-hybridized carbons (Fsp3) is 0.400. The van der Waals surface area contributed by atoms with Crippen LogP contribution >= 0.6 is 0 Å². The van der Waals surface area contributed by atoms with E-state index in [1.807, 2.05) is 0 Å². The standard InChI is InChI=1S/C10H13N3O5/c1-5-4-7(18-13-5)9(15)12-6(10(16)17)2-3-8(11)14/h4,6H,2-3H2,1H3,(H2,11,14)(H,12,15)(H,16,17)/t6-/m0/s1. The van der Waals surface area contributed by atoms with Crippen LogP contribution in [0.25, 0.3) is 0 Å². The third-order valence-electron chi connectivity index (χ3n) is 2.13. The van der Waals surface area contributed by atoms with E-state index in [0.717, 1.165) is 0 Å². The van der Waals surface area contributed by atoms with Crippen molar-refractivity contribution in [2.24, 2.45) is 5.73 Å². The van der Waals surface area contributed by atoms with Crippen LogP contribution in [0.3, 0.4) is 0 Å². The van der Waals surface area contributed by atoms with Crippen LogP contribution in [0.15, 0.2) is 10.6 Å². The van der Waals surface area contributed by atoms with Gasteiger partial charge in [0, 0.05) is 12.5 Å². The summed E-state index contributed by atoms with van der Waals surface area (Å²) in [6, 6.07) is 0.179. The molecule has 1 aromatic rings. The van der Waals surface area contributed by atoms with E-state index >= 15 is 0 Å². The summed E-state index contributed by atoms with van der Waals surface area (Å²) in [4.78, 5) is 33.0. The molecule has 1 aromatic heterocycles. The Morgan fingerprint density at radius 2 is 2.22 bits per heavy atom. The van der Waals surface area contributed by atoms with Crippen molar-refractivity contribution in [3.05, 3.63) is 17.5 Å². The number of nitrogens with two attached hydrogens (primary N) is 1. The highest BCUT2D eigenvalue weighted by Gasteiger charge is 2.22. The van der Waals surface area contributed by atoms with Crippen LogP contribution in [0.2, 0.25) is 0 Å². The molecule has 0 aliphatic heterocycles. The molecule has 0 aromatic carbocycles. The number of hydrogen-bond acceptors (Lipinski definition) is 5. The van der Waals surface area contributed by atoms with E-state index in [0.29, 0.717) is 5.69 Å². The van der Waals surface area contributed by atoms with Crippen LogP contribution in [0.1, 0.15) is 29.1 Å². The largest absolute Gasteiger partial charge is 0.480 e. The predicted molar refractivity (Wildman–Crippen MR) is 58.6 cm³/mol. The Morgan fingerprint density at radius 3 is 2.67 bits per heavy atom. The Labute approximate surface area is 102 Å². The van der Waals surface area contributed by atoms with Gasteiger partial charge in [-0.05, 0) is 13.3 Å². The van der Waals surface area contributed by atoms with Gasteiger partial charge in [0.25, 0.3) is 5.91 Å². The molecule has 2 amide bonds. The lowest BCUT2D eigenvalue weighted by Gasteiger charge is -2.11. The smallest absolute Gasteiger partial charge is 0.326 e. The normalized spacial score (nSPS) is 11.8. The molecule has 98 valence electrons. The SMILES string of the molecule is Cc1cc(C(=O)N[C@@H](CCC(N)=O)C(=O)O)on1. The molecule has 8 heteroatoms. The zero-order chi connectivity index (χ0) is 13.7. The number of primary amides is 1. The summed E-state index contributed by atoms with van der Waals surface area (Å²) >= 11 is 0. The van der Waals surface area contributed by atoms with Gasteiger partial charge in [-0.3, -0.25) is 9.59 Å². The number of aliphatic carboxylic acids is 1. The van der Waals surface area contributed by atoms with Gasteiger partial charge in [0.05, 0.1) is 5.69 Å². The minimum Gasteiger partial charge on any atom is -0.480 e. The number of carbonyl (C=O) groups excluding carboxylic acids is 2. The first-order valence-corrected chi connectivity index (χ1v) is 5.15. The average Bonchev–Trinajstić information content (AvgIpc) is 2.70. The summed E-state index contributed by atoms with van der Waals surface area (Å²) in [6.45, 7) is 1.63. The number of aromatic nitrogens is 1. The molecule has 0 radical (unpaired) electrons. The molecule has 1 atom stereocenters. The molecule has 0 aliphatic rings. The molecule has 0 unspecified atom stereocenters. The van der Waals surface area contributed by atoms with Gasteiger partial charge >= 0.3 is 5.97 Å². The van der Waals surface area contributed by atoms with Crippen LogP contribution in [0.4, 0.5) is 0 Å². The zero-order valence-electron chi connectivity index (χ0n) is 9.67. The minimum absolute atomic E-state index is 0.0798. The first kappa shape index (κ1) is 13.7. The Hall–Kier alpha value is -2.38. The van der Waals surface area contributed by atoms with Gasteiger partial charge in [-0.2, -0.15) is 0 Å². The Balaban J connectivity index is 2.63. The second-order valence-electron chi connectivity index (χ2n) is 3.70. The number of carboxylic acid groups (broad SMARTS) is 1. The van der Waals surface area contributed by atoms with Crippen LogP contribution in [-0.4, -0.2) is 34.1 Å². The molecule has 0 bridgehead atoms. The number of rotatable bonds is 6. The number of carbonyl (C=O) groups is 3. The van der Waals surface area contributed by atoms with E-state index in [9.17, 15) is 14.4 Å². The molecule has 4 N–H and O–H groups in total. The van der Waals surface area contributed by atoms with E-state index in [2.05, 4.69) is 15.0 Å². The molecule has 0 saturated heterocycles. The van der Waals surface area contributed by atoms with E-state index in [-0.39, 0.29) is 18.6 Å². The number of aryl methyl sites for hydroxylation is 1. The molecule has 0 fully saturated rings. The predicted octanol–water partition coefficient (Wildman–Crippen LogP) is -0.568. The Morgan fingerprint density at radius 1 is 1.56 bits per heavy atom. The quantitative estimate of drug-likeness (QED) is 0.622. The van der Waals surface area contributed by atoms with Crippen LogP contribution in [0.5, 0.6) is 0 Å². The van der Waals surface area contributed by atoms with Crippen molar-refractivity contribution in [2.75, 3.05) is 0 Å². The first-order valence-electron chi connectivity index (χ1n) is 5.15. The molecule has 1 rings (SSSR count). The maximum Gasteiger partial charge on any atom is 0.326 e. The summed E-state index contributed by atoms with van der Waals surface area (Å²) in [7, 11) is 0. The molecule has 8 nitrogen and oxygen atoms in total. The van der Waals surface area contributed by atoms with E-state index < -0.39 is 23.8 Å². The lowest BCUT2D eigenvalue weighted by atomic mass is 10.1. The van der Waals surface area contributed by atoms with Crippen molar-refractivity contribution in [2.45, 2.75) is 25.8 Å². The van der Waals surface area contributed by atoms with Gasteiger partial charge in [-0.1, -0.05) is 5.16 Å². The highest BCUT2D eigenvalue weighted by molar-refractivity contribution is 5.94. The maximum atomic E-state index is 11.6. The summed E-state index contributed by atoms with van der Waals surface area (Å²) in [5.41, 5.74) is 5.42. The summed E-state index contributed by atoms with van der Waals surface area (Å²) in [5, 5.41) is 14.6. The summed E-state index contributed by atoms with van der Waals surface area (Å²) < 4.78 is 4.69. The van der Waals surface area contributed by atoms with Crippen molar-refractivity contribution in [3.63, 3.8) is 0 Å². The molecular weight excluding hydrogens is 242 g/mol. The van der Waals surface area contributed by atoms with Crippen molar-refractivity contribution >= 4 is 17.8 Å². The minimum atomic E-state index is -1.25. The van der Waals surface area contributed by atoms with Gasteiger partial charge in [0.15, 0.2) is 0 Å². The van der Waals surface area contributed by atoms with Gasteiger partial charge in [-0.25, -0.2) is 4.79 Å². The van der Waals surface area contributed by atoms with E-state index in [1.165, 1.54) is 6.07 Å². The summed E-state index contributed by atoms with van der Waals surface area (Å²) in [6.07, 6.45) is -0.212. The fourth-order valence-electron chi connectivity index (χ4n) is 1.24. The molecule has 0 saturated carbocycles. The molecule has 18 heavy (non-hydrogen) atoms. The second-order valence-corrected chi connectivity index (χ2v) is 3.70. The monoisotopic (exact) mass is 255 g/mol. The molecule has 0 spiro atoms. The highest BCUT2D eigenvalue weighted by atomic mass is 16.5. The lowest BCUT2D eigenvalue weighted by molar-refractivity contribution is -0.139. The topological polar surface area (TPSA) is 136 Å². The van der Waals surface area contributed by atoms with Crippen LogP contribution < -0.4 is 11.1 Å². The number of hydrogen-bond donors (Lipinski definition) is 3. The fourth-order valence-corrected chi connectivity index (χ4v) is 1.24. The second kappa shape index (κ2) is 5.80. The maximum absolute atomic E-state index is 11.6. The Kier molecular flexibility index (Phi) is 4.41. The number of amides is 2. The van der Waals surface area contributed by atoms with E-state index in [4.69, 9.17) is 10.8 Å². The van der Waals surface area contributed by atoms with Crippen molar-refractivity contribution < 1.29 is 24.0 Å². The number of nitrogens with one attached hydrogen (secondary N) is 1. The van der Waals surface area contributed by atoms with Gasteiger partial charge in [-0.15, -0.1) is 0 Å². The third kappa shape index (κ3) is 3.89. The Bertz CT molecular complexity index is 468. The molecule has 1 heterocycles. The highest BCUT2D eigenvalue weighted by Crippen LogP contribution is 2.04. The van der Waals surface area contributed by atoms with Crippen molar-refractivity contribution in [3.8, 4) is 0 Å². The lowest BCUT2D eigenvalue weighted by Crippen LogP contribution is -2.41. The summed E-state index contributed by atoms with van der Waals surface area (Å²) in [5.74, 6) is -2.67. The van der Waals surface area contributed by atoms with E-state index in [1.54, 1.807) is 6.92 Å². The number of carboxylic acids is 1. The third-order valence-corrected chi connectivity index (χ3v) is 2.13. The molecular formula is C10H13N3O5. The molecule has 0 aliphatic carbocycles. The average molecular weight is 255 g/mol. The van der Waals surface area contributed by atoms with Gasteiger partial charge in [0.2, 0.25) is 11.7 Å². The van der Waals surface area contributed by atoms with Crippen molar-refractivity contribution in [1.29, 1.82) is 0 Å². The first-order chi connectivity index (χ1) is 8.40. The zero-order valence-corrected chi connectivity index (χ0v) is 9.67. The van der Waals surface area contributed by atoms with Crippen molar-refractivity contribution in [1.82, 2.24) is 10.5 Å². The van der Waals surface area contributed by atoms with Crippen LogP contribution in [0, 0.1) is 6.92 Å². The number of nitrogens with zero attached hydrogens (tertiary/aromatic N) is 1. The van der Waals surface area contributed by atoms with Gasteiger partial charge in [0.1, 0.15) is 6.04 Å². The van der Waals surface area contributed by atoms with Crippen LogP contribution in [-0.2, 0) is 9.59 Å². The van der Waals surface area contributed by atoms with Gasteiger partial charge < -0.3 is 20.7 Å².